The van der Waals surface area contributed by atoms with Gasteiger partial charge >= 0.3 is 0 Å². The number of ketones is 2. The Morgan fingerprint density at radius 3 is 2.53 bits per heavy atom. The third-order valence-electron chi connectivity index (χ3n) is 6.60. The molecule has 0 heterocycles. The number of hydrogen-bond acceptors (Lipinski definition) is 6. The molecule has 0 spiro atoms. The summed E-state index contributed by atoms with van der Waals surface area (Å²) in [7, 11) is 0. The fourth-order valence-corrected chi connectivity index (χ4v) is 5.40. The van der Waals surface area contributed by atoms with Gasteiger partial charge in [-0.05, 0) is 54.5 Å². The van der Waals surface area contributed by atoms with Gasteiger partial charge in [-0.3, -0.25) is 14.4 Å². The molecule has 0 saturated carbocycles. The summed E-state index contributed by atoms with van der Waals surface area (Å²) in [5, 5.41) is 32.2. The number of halogens is 1. The lowest BCUT2D eigenvalue weighted by Gasteiger charge is -2.47. The summed E-state index contributed by atoms with van der Waals surface area (Å²) in [6.45, 7) is 5.19. The second kappa shape index (κ2) is 6.55. The number of phenolic OH excluding ortho intramolecular Hbond substituents is 1. The van der Waals surface area contributed by atoms with E-state index in [-0.39, 0.29) is 46.3 Å². The van der Waals surface area contributed by atoms with Gasteiger partial charge in [0.1, 0.15) is 17.1 Å². The van der Waals surface area contributed by atoms with Gasteiger partial charge in [0.05, 0.1) is 5.56 Å². The van der Waals surface area contributed by atoms with Gasteiger partial charge in [0.15, 0.2) is 11.4 Å². The second-order valence-corrected chi connectivity index (χ2v) is 8.53. The number of primary amides is 1. The van der Waals surface area contributed by atoms with E-state index >= 15 is 0 Å². The molecule has 156 valence electrons. The van der Waals surface area contributed by atoms with E-state index in [9.17, 15) is 29.7 Å². The molecule has 5 N–H and O–H groups in total. The quantitative estimate of drug-likeness (QED) is 0.532. The molecular weight excluding hydrogens is 410 g/mol. The van der Waals surface area contributed by atoms with Crippen LogP contribution in [0.5, 0.6) is 5.75 Å². The van der Waals surface area contributed by atoms with Gasteiger partial charge in [-0.2, -0.15) is 0 Å². The van der Waals surface area contributed by atoms with Gasteiger partial charge in [0.25, 0.3) is 5.91 Å². The van der Waals surface area contributed by atoms with Gasteiger partial charge in [-0.15, -0.1) is 0 Å². The van der Waals surface area contributed by atoms with E-state index in [2.05, 4.69) is 6.58 Å². The van der Waals surface area contributed by atoms with Crippen molar-refractivity contribution in [2.24, 2.45) is 17.6 Å². The fraction of sp³-hybridized carbons (Fsp3) is 0.318. The summed E-state index contributed by atoms with van der Waals surface area (Å²) < 4.78 is 0. The molecule has 30 heavy (non-hydrogen) atoms. The predicted octanol–water partition coefficient (Wildman–Crippen LogP) is 2.29. The average molecular weight is 430 g/mol. The largest absolute Gasteiger partial charge is 0.511 e. The van der Waals surface area contributed by atoms with Crippen molar-refractivity contribution in [3.63, 3.8) is 0 Å². The Hall–Kier alpha value is -2.90. The first-order valence-electron chi connectivity index (χ1n) is 9.44. The maximum Gasteiger partial charge on any atom is 0.255 e. The summed E-state index contributed by atoms with van der Waals surface area (Å²) in [4.78, 5) is 38.1. The summed E-state index contributed by atoms with van der Waals surface area (Å²) in [5.41, 5.74) is 4.00. The van der Waals surface area contributed by atoms with E-state index in [0.717, 1.165) is 0 Å². The van der Waals surface area contributed by atoms with Gasteiger partial charge in [-0.25, -0.2) is 0 Å². The highest BCUT2D eigenvalue weighted by molar-refractivity contribution is 6.48. The number of fused-ring (bicyclic) bond motifs is 3. The Morgan fingerprint density at radius 1 is 1.27 bits per heavy atom. The maximum atomic E-state index is 13.4. The Labute approximate surface area is 177 Å². The number of aromatic hydroxyl groups is 1. The summed E-state index contributed by atoms with van der Waals surface area (Å²) >= 11 is 6.09. The monoisotopic (exact) mass is 429 g/mol. The second-order valence-electron chi connectivity index (χ2n) is 8.08. The average Bonchev–Trinajstić information content (AvgIpc) is 2.64. The first kappa shape index (κ1) is 20.4. The first-order chi connectivity index (χ1) is 14.0. The van der Waals surface area contributed by atoms with Gasteiger partial charge < -0.3 is 21.1 Å². The minimum atomic E-state index is -2.13. The van der Waals surface area contributed by atoms with Crippen molar-refractivity contribution in [1.82, 2.24) is 0 Å². The van der Waals surface area contributed by atoms with Crippen molar-refractivity contribution in [3.05, 3.63) is 57.9 Å². The van der Waals surface area contributed by atoms with Gasteiger partial charge in [-0.1, -0.05) is 18.2 Å². The normalized spacial score (nSPS) is 28.1. The molecule has 1 aromatic rings. The Bertz CT molecular complexity index is 1130. The lowest BCUT2D eigenvalue weighted by Crippen LogP contribution is -2.56. The summed E-state index contributed by atoms with van der Waals surface area (Å²) in [6.07, 6.45) is 0.453. The summed E-state index contributed by atoms with van der Waals surface area (Å²) in [5.74, 6) is -4.40. The van der Waals surface area contributed by atoms with Crippen LogP contribution in [0.3, 0.4) is 0 Å². The summed E-state index contributed by atoms with van der Waals surface area (Å²) in [6, 6.07) is 2.95. The van der Waals surface area contributed by atoms with Crippen molar-refractivity contribution < 1.29 is 29.7 Å². The van der Waals surface area contributed by atoms with E-state index < -0.39 is 40.3 Å². The number of carbonyl (C=O) groups is 3. The number of nitrogens with two attached hydrogens (primary N) is 1. The number of rotatable bonds is 2. The van der Waals surface area contributed by atoms with E-state index in [1.807, 2.05) is 0 Å². The van der Waals surface area contributed by atoms with Crippen LogP contribution in [0.1, 0.15) is 41.3 Å². The molecule has 7 nitrogen and oxygen atoms in total. The maximum absolute atomic E-state index is 13.4. The van der Waals surface area contributed by atoms with Crippen molar-refractivity contribution in [1.29, 1.82) is 0 Å². The fourth-order valence-electron chi connectivity index (χ4n) is 5.22. The number of phenols is 1. The molecular formula is C22H20ClNO6. The molecule has 0 bridgehead atoms. The Kier molecular flexibility index (Phi) is 4.45. The number of aliphatic hydroxyl groups excluding tert-OH is 1. The van der Waals surface area contributed by atoms with Crippen LogP contribution in [0.4, 0.5) is 0 Å². The van der Waals surface area contributed by atoms with Crippen LogP contribution in [0.15, 0.2) is 41.2 Å². The highest BCUT2D eigenvalue weighted by Gasteiger charge is 2.57. The van der Waals surface area contributed by atoms with E-state index in [1.165, 1.54) is 13.0 Å². The van der Waals surface area contributed by atoms with Crippen LogP contribution >= 0.6 is 11.6 Å². The van der Waals surface area contributed by atoms with Crippen LogP contribution in [-0.4, -0.2) is 38.4 Å². The highest BCUT2D eigenvalue weighted by Crippen LogP contribution is 2.52. The Balaban J connectivity index is 1.93. The van der Waals surface area contributed by atoms with Crippen LogP contribution in [0.2, 0.25) is 0 Å². The third kappa shape index (κ3) is 2.52. The number of aliphatic hydroxyl groups is 2. The molecule has 0 aliphatic heterocycles. The molecule has 0 aromatic heterocycles. The Morgan fingerprint density at radius 2 is 1.93 bits per heavy atom. The smallest absolute Gasteiger partial charge is 0.255 e. The van der Waals surface area contributed by atoms with Crippen molar-refractivity contribution >= 4 is 34.1 Å². The van der Waals surface area contributed by atoms with E-state index in [4.69, 9.17) is 17.3 Å². The molecule has 1 amide bonds. The lowest BCUT2D eigenvalue weighted by atomic mass is 9.58. The lowest BCUT2D eigenvalue weighted by molar-refractivity contribution is -0.140. The van der Waals surface area contributed by atoms with E-state index in [0.29, 0.717) is 17.5 Å². The molecule has 0 fully saturated rings. The number of hydrogen-bond donors (Lipinski definition) is 4. The molecule has 8 heteroatoms. The standard InChI is InChI=1S/C22H20ClNO6/c1-8-16-10(5-11-7-15(26)18(21(24)29)20(28)22(8,11)30)6-13-12(9(2)23)3-4-14(25)17(13)19(16)27/h3-4,10-11,25-26,30H,2,5-7H2,1H3,(H2,24,29)/t10-,11+,22-/m1/s1. The van der Waals surface area contributed by atoms with Crippen molar-refractivity contribution in [3.8, 4) is 5.75 Å². The van der Waals surface area contributed by atoms with Crippen molar-refractivity contribution in [2.45, 2.75) is 31.8 Å². The number of Topliss-reactive ketones (excluding diaryl/α,β-unsaturated/α-hetero) is 2. The third-order valence-corrected chi connectivity index (χ3v) is 6.80. The molecule has 0 unspecified atom stereocenters. The zero-order chi connectivity index (χ0) is 22.1. The SMILES string of the molecule is C=C(Cl)c1ccc(O)c2c1C[C@H]1C[C@H]3CC(O)=C(C(N)=O)C(=O)[C@@]3(O)C(C)=C1C2=O. The molecule has 3 aliphatic rings. The molecule has 0 radical (unpaired) electrons. The molecule has 3 aliphatic carbocycles. The van der Waals surface area contributed by atoms with Crippen molar-refractivity contribution in [2.75, 3.05) is 0 Å². The minimum absolute atomic E-state index is 0.0683. The zero-order valence-corrected chi connectivity index (χ0v) is 16.9. The van der Waals surface area contributed by atoms with Crippen LogP contribution in [0.25, 0.3) is 5.03 Å². The molecule has 1 aromatic carbocycles. The van der Waals surface area contributed by atoms with Gasteiger partial charge in [0.2, 0.25) is 5.78 Å². The predicted molar refractivity (Wildman–Crippen MR) is 109 cm³/mol. The van der Waals surface area contributed by atoms with Crippen LogP contribution < -0.4 is 5.73 Å². The highest BCUT2D eigenvalue weighted by atomic mass is 35.5. The zero-order valence-electron chi connectivity index (χ0n) is 16.2. The first-order valence-corrected chi connectivity index (χ1v) is 9.82. The molecule has 3 atom stereocenters. The number of carbonyl (C=O) groups excluding carboxylic acids is 3. The van der Waals surface area contributed by atoms with Crippen LogP contribution in [-0.2, 0) is 16.0 Å². The molecule has 4 rings (SSSR count). The number of benzene rings is 1. The topological polar surface area (TPSA) is 138 Å². The minimum Gasteiger partial charge on any atom is -0.511 e. The number of amides is 1. The molecule has 0 saturated heterocycles. The number of allylic oxidation sites excluding steroid dienone is 2. The van der Waals surface area contributed by atoms with Gasteiger partial charge in [0, 0.05) is 22.9 Å². The van der Waals surface area contributed by atoms with Crippen LogP contribution in [0, 0.1) is 11.8 Å². The van der Waals surface area contributed by atoms with E-state index in [1.54, 1.807) is 6.07 Å².